The fourth-order valence-corrected chi connectivity index (χ4v) is 1.14. The minimum absolute atomic E-state index is 0.221. The molecule has 0 spiro atoms. The average molecular weight is 193 g/mol. The molecule has 0 heterocycles. The van der Waals surface area contributed by atoms with Crippen LogP contribution in [0, 0.1) is 6.92 Å². The maximum Gasteiger partial charge on any atom is 0.0343 e. The summed E-state index contributed by atoms with van der Waals surface area (Å²) in [6.07, 6.45) is 0. The van der Waals surface area contributed by atoms with Gasteiger partial charge in [0.1, 0.15) is 0 Å². The van der Waals surface area contributed by atoms with Crippen molar-refractivity contribution in [1.82, 2.24) is 0 Å². The van der Waals surface area contributed by atoms with Gasteiger partial charge in [-0.15, -0.1) is 0 Å². The summed E-state index contributed by atoms with van der Waals surface area (Å²) in [7, 11) is 0. The van der Waals surface area contributed by atoms with Crippen LogP contribution in [0.4, 0.5) is 5.69 Å². The van der Waals surface area contributed by atoms with Gasteiger partial charge in [0, 0.05) is 5.69 Å². The van der Waals surface area contributed by atoms with Crippen LogP contribution in [0.3, 0.4) is 0 Å². The molecule has 2 N–H and O–H groups in total. The van der Waals surface area contributed by atoms with Gasteiger partial charge < -0.3 is 5.73 Å². The van der Waals surface area contributed by atoms with E-state index in [0.29, 0.717) is 0 Å². The third kappa shape index (κ3) is 3.41. The first kappa shape index (κ1) is 13.0. The number of nitrogens with two attached hydrogens (primary N) is 1. The van der Waals surface area contributed by atoms with Crippen molar-refractivity contribution in [1.29, 1.82) is 0 Å². The Bertz CT molecular complexity index is 282. The van der Waals surface area contributed by atoms with Crippen LogP contribution in [-0.2, 0) is 5.41 Å². The van der Waals surface area contributed by atoms with Gasteiger partial charge in [0.05, 0.1) is 0 Å². The van der Waals surface area contributed by atoms with Crippen LogP contribution in [-0.4, -0.2) is 0 Å². The second-order valence-corrected chi connectivity index (χ2v) is 4.32. The molecule has 0 aliphatic heterocycles. The number of hydrogen-bond donors (Lipinski definition) is 1. The maximum absolute atomic E-state index is 5.73. The number of hydrogen-bond acceptors (Lipinski definition) is 1. The van der Waals surface area contributed by atoms with Crippen molar-refractivity contribution in [3.05, 3.63) is 29.3 Å². The third-order valence-electron chi connectivity index (χ3n) is 2.14. The Balaban J connectivity index is 0.000000791. The van der Waals surface area contributed by atoms with Crippen LogP contribution in [0.5, 0.6) is 0 Å². The van der Waals surface area contributed by atoms with Gasteiger partial charge in [0.15, 0.2) is 0 Å². The standard InChI is InChI=1S/C11H17N.C2H6/c1-8-7-9(11(2,3)4)5-6-10(8)12;1-2/h5-7H,12H2,1-4H3;1-2H3. The highest BCUT2D eigenvalue weighted by Crippen LogP contribution is 2.24. The fourth-order valence-electron chi connectivity index (χ4n) is 1.14. The number of anilines is 1. The average Bonchev–Trinajstić information content (AvgIpc) is 2.11. The first-order valence-corrected chi connectivity index (χ1v) is 5.28. The molecule has 0 bridgehead atoms. The maximum atomic E-state index is 5.73. The SMILES string of the molecule is CC.Cc1cc(C(C)(C)C)ccc1N. The van der Waals surface area contributed by atoms with Crippen LogP contribution < -0.4 is 5.73 Å². The van der Waals surface area contributed by atoms with Crippen LogP contribution in [0.2, 0.25) is 0 Å². The molecular weight excluding hydrogens is 170 g/mol. The molecular formula is C13H23N. The summed E-state index contributed by atoms with van der Waals surface area (Å²) < 4.78 is 0. The summed E-state index contributed by atoms with van der Waals surface area (Å²) in [5, 5.41) is 0. The molecule has 1 nitrogen and oxygen atoms in total. The molecule has 0 aliphatic rings. The van der Waals surface area contributed by atoms with Gasteiger partial charge in [0.25, 0.3) is 0 Å². The molecule has 1 heteroatoms. The summed E-state index contributed by atoms with van der Waals surface area (Å²) in [5.41, 5.74) is 9.34. The van der Waals surface area contributed by atoms with Crippen molar-refractivity contribution in [2.24, 2.45) is 0 Å². The van der Waals surface area contributed by atoms with Crippen molar-refractivity contribution in [2.75, 3.05) is 5.73 Å². The van der Waals surface area contributed by atoms with E-state index < -0.39 is 0 Å². The third-order valence-corrected chi connectivity index (χ3v) is 2.14. The zero-order valence-corrected chi connectivity index (χ0v) is 10.3. The van der Waals surface area contributed by atoms with Gasteiger partial charge in [0.2, 0.25) is 0 Å². The van der Waals surface area contributed by atoms with Gasteiger partial charge >= 0.3 is 0 Å². The predicted molar refractivity (Wildman–Crippen MR) is 65.6 cm³/mol. The fraction of sp³-hybridized carbons (Fsp3) is 0.538. The first-order chi connectivity index (χ1) is 6.41. The van der Waals surface area contributed by atoms with Crippen molar-refractivity contribution >= 4 is 5.69 Å². The zero-order valence-electron chi connectivity index (χ0n) is 10.3. The molecule has 0 aliphatic carbocycles. The molecule has 1 aromatic rings. The van der Waals surface area contributed by atoms with Gasteiger partial charge in [-0.2, -0.15) is 0 Å². The van der Waals surface area contributed by atoms with Crippen molar-refractivity contribution in [3.63, 3.8) is 0 Å². The van der Waals surface area contributed by atoms with Gasteiger partial charge in [-0.25, -0.2) is 0 Å². The van der Waals surface area contributed by atoms with Crippen molar-refractivity contribution < 1.29 is 0 Å². The Kier molecular flexibility index (Phi) is 4.69. The lowest BCUT2D eigenvalue weighted by Gasteiger charge is -2.19. The number of benzene rings is 1. The van der Waals surface area contributed by atoms with Crippen LogP contribution in [0.15, 0.2) is 18.2 Å². The molecule has 0 saturated heterocycles. The Morgan fingerprint density at radius 1 is 1.07 bits per heavy atom. The molecule has 0 amide bonds. The first-order valence-electron chi connectivity index (χ1n) is 5.28. The topological polar surface area (TPSA) is 26.0 Å². The van der Waals surface area contributed by atoms with Crippen LogP contribution in [0.25, 0.3) is 0 Å². The molecule has 0 aromatic heterocycles. The molecule has 0 saturated carbocycles. The Morgan fingerprint density at radius 2 is 1.57 bits per heavy atom. The van der Waals surface area contributed by atoms with Gasteiger partial charge in [-0.1, -0.05) is 46.8 Å². The van der Waals surface area contributed by atoms with E-state index in [1.807, 2.05) is 26.8 Å². The van der Waals surface area contributed by atoms with Crippen molar-refractivity contribution in [3.8, 4) is 0 Å². The number of aryl methyl sites for hydroxylation is 1. The molecule has 80 valence electrons. The summed E-state index contributed by atoms with van der Waals surface area (Å²) in [6, 6.07) is 6.24. The minimum atomic E-state index is 0.221. The molecule has 0 atom stereocenters. The Labute approximate surface area is 88.3 Å². The number of rotatable bonds is 0. The second-order valence-electron chi connectivity index (χ2n) is 4.32. The van der Waals surface area contributed by atoms with E-state index in [1.54, 1.807) is 0 Å². The quantitative estimate of drug-likeness (QED) is 0.621. The van der Waals surface area contributed by atoms with Gasteiger partial charge in [-0.3, -0.25) is 0 Å². The Morgan fingerprint density at radius 3 is 1.93 bits per heavy atom. The highest BCUT2D eigenvalue weighted by atomic mass is 14.5. The van der Waals surface area contributed by atoms with Crippen LogP contribution in [0.1, 0.15) is 45.7 Å². The van der Waals surface area contributed by atoms with E-state index >= 15 is 0 Å². The molecule has 14 heavy (non-hydrogen) atoms. The van der Waals surface area contributed by atoms with Gasteiger partial charge in [-0.05, 0) is 29.5 Å². The molecule has 0 radical (unpaired) electrons. The summed E-state index contributed by atoms with van der Waals surface area (Å²) >= 11 is 0. The lowest BCUT2D eigenvalue weighted by Crippen LogP contribution is -2.11. The molecule has 1 aromatic carbocycles. The molecule has 0 unspecified atom stereocenters. The highest BCUT2D eigenvalue weighted by molar-refractivity contribution is 5.48. The van der Waals surface area contributed by atoms with E-state index in [9.17, 15) is 0 Å². The highest BCUT2D eigenvalue weighted by Gasteiger charge is 2.13. The van der Waals surface area contributed by atoms with E-state index in [1.165, 1.54) is 11.1 Å². The zero-order chi connectivity index (χ0) is 11.4. The second kappa shape index (κ2) is 5.04. The number of nitrogen functional groups attached to an aromatic ring is 1. The predicted octanol–water partition coefficient (Wildman–Crippen LogP) is 3.90. The largest absolute Gasteiger partial charge is 0.399 e. The monoisotopic (exact) mass is 193 g/mol. The lowest BCUT2D eigenvalue weighted by molar-refractivity contribution is 0.590. The molecule has 0 fully saturated rings. The Hall–Kier alpha value is -0.980. The van der Waals surface area contributed by atoms with E-state index in [2.05, 4.69) is 32.9 Å². The van der Waals surface area contributed by atoms with Crippen molar-refractivity contribution in [2.45, 2.75) is 47.0 Å². The normalized spacial score (nSPS) is 10.4. The van der Waals surface area contributed by atoms with E-state index in [4.69, 9.17) is 5.73 Å². The summed E-state index contributed by atoms with van der Waals surface area (Å²) in [4.78, 5) is 0. The molecule has 1 rings (SSSR count). The summed E-state index contributed by atoms with van der Waals surface area (Å²) in [6.45, 7) is 12.7. The van der Waals surface area contributed by atoms with E-state index in [0.717, 1.165) is 5.69 Å². The van der Waals surface area contributed by atoms with E-state index in [-0.39, 0.29) is 5.41 Å². The summed E-state index contributed by atoms with van der Waals surface area (Å²) in [5.74, 6) is 0. The smallest absolute Gasteiger partial charge is 0.0343 e. The minimum Gasteiger partial charge on any atom is -0.399 e. The lowest BCUT2D eigenvalue weighted by atomic mass is 9.86. The van der Waals surface area contributed by atoms with Crippen LogP contribution >= 0.6 is 0 Å².